The predicted molar refractivity (Wildman–Crippen MR) is 63.6 cm³/mol. The Labute approximate surface area is 95.5 Å². The molecule has 0 saturated carbocycles. The average Bonchev–Trinajstić information content (AvgIpc) is 2.77. The lowest BCUT2D eigenvalue weighted by molar-refractivity contribution is 0.310. The molecule has 1 aromatic heterocycles. The van der Waals surface area contributed by atoms with E-state index in [1.54, 1.807) is 6.33 Å². The molecule has 0 aliphatic carbocycles. The molecule has 0 aliphatic rings. The van der Waals surface area contributed by atoms with Gasteiger partial charge in [-0.05, 0) is 37.5 Å². The zero-order valence-electron chi connectivity index (χ0n) is 9.44. The van der Waals surface area contributed by atoms with Crippen molar-refractivity contribution >= 4 is 0 Å². The SMILES string of the molecule is Cc1cccc(OCCCc2cnc[nH]2)c1. The Kier molecular flexibility index (Phi) is 3.59. The van der Waals surface area contributed by atoms with E-state index in [0.717, 1.165) is 30.9 Å². The van der Waals surface area contributed by atoms with Crippen molar-refractivity contribution in [3.8, 4) is 5.75 Å². The van der Waals surface area contributed by atoms with Crippen molar-refractivity contribution in [1.29, 1.82) is 0 Å². The van der Waals surface area contributed by atoms with Crippen LogP contribution in [0.2, 0.25) is 0 Å². The van der Waals surface area contributed by atoms with E-state index in [9.17, 15) is 0 Å². The second kappa shape index (κ2) is 5.35. The number of hydrogen-bond acceptors (Lipinski definition) is 2. The summed E-state index contributed by atoms with van der Waals surface area (Å²) in [6.07, 6.45) is 5.53. The predicted octanol–water partition coefficient (Wildman–Crippen LogP) is 2.73. The number of ether oxygens (including phenoxy) is 1. The van der Waals surface area contributed by atoms with Gasteiger partial charge in [0.15, 0.2) is 0 Å². The Hall–Kier alpha value is -1.77. The molecule has 84 valence electrons. The number of hydrogen-bond donors (Lipinski definition) is 1. The quantitative estimate of drug-likeness (QED) is 0.780. The summed E-state index contributed by atoms with van der Waals surface area (Å²) in [4.78, 5) is 7.05. The molecule has 3 heteroatoms. The van der Waals surface area contributed by atoms with Gasteiger partial charge in [0, 0.05) is 11.9 Å². The second-order valence-corrected chi connectivity index (χ2v) is 3.85. The van der Waals surface area contributed by atoms with Gasteiger partial charge in [-0.15, -0.1) is 0 Å². The van der Waals surface area contributed by atoms with Gasteiger partial charge in [0.05, 0.1) is 12.9 Å². The number of aryl methyl sites for hydroxylation is 2. The van der Waals surface area contributed by atoms with Crippen LogP contribution < -0.4 is 4.74 Å². The van der Waals surface area contributed by atoms with Gasteiger partial charge in [0.1, 0.15) is 5.75 Å². The van der Waals surface area contributed by atoms with Crippen LogP contribution in [0.15, 0.2) is 36.8 Å². The molecule has 0 unspecified atom stereocenters. The largest absolute Gasteiger partial charge is 0.494 e. The molecule has 0 bridgehead atoms. The minimum atomic E-state index is 0.739. The first kappa shape index (κ1) is 10.7. The van der Waals surface area contributed by atoms with Crippen LogP contribution in [0, 0.1) is 6.92 Å². The van der Waals surface area contributed by atoms with E-state index in [4.69, 9.17) is 4.74 Å². The van der Waals surface area contributed by atoms with E-state index in [2.05, 4.69) is 29.0 Å². The third kappa shape index (κ3) is 3.12. The molecule has 16 heavy (non-hydrogen) atoms. The number of benzene rings is 1. The number of H-pyrrole nitrogens is 1. The molecule has 2 rings (SSSR count). The molecule has 3 nitrogen and oxygen atoms in total. The molecular weight excluding hydrogens is 200 g/mol. The van der Waals surface area contributed by atoms with E-state index >= 15 is 0 Å². The maximum absolute atomic E-state index is 5.65. The highest BCUT2D eigenvalue weighted by atomic mass is 16.5. The van der Waals surface area contributed by atoms with Crippen LogP contribution in [0.25, 0.3) is 0 Å². The van der Waals surface area contributed by atoms with Gasteiger partial charge < -0.3 is 9.72 Å². The number of imidazole rings is 1. The highest BCUT2D eigenvalue weighted by Gasteiger charge is 1.96. The van der Waals surface area contributed by atoms with Gasteiger partial charge in [-0.2, -0.15) is 0 Å². The average molecular weight is 216 g/mol. The fourth-order valence-corrected chi connectivity index (χ4v) is 1.58. The third-order valence-corrected chi connectivity index (χ3v) is 2.40. The summed E-state index contributed by atoms with van der Waals surface area (Å²) >= 11 is 0. The van der Waals surface area contributed by atoms with Crippen molar-refractivity contribution in [3.05, 3.63) is 48.0 Å². The zero-order valence-corrected chi connectivity index (χ0v) is 9.44. The van der Waals surface area contributed by atoms with Crippen molar-refractivity contribution in [2.75, 3.05) is 6.61 Å². The van der Waals surface area contributed by atoms with Gasteiger partial charge in [-0.25, -0.2) is 4.98 Å². The molecular formula is C13H16N2O. The molecule has 1 N–H and O–H groups in total. The van der Waals surface area contributed by atoms with E-state index in [1.807, 2.05) is 18.3 Å². The van der Waals surface area contributed by atoms with E-state index < -0.39 is 0 Å². The smallest absolute Gasteiger partial charge is 0.119 e. The summed E-state index contributed by atoms with van der Waals surface area (Å²) in [5, 5.41) is 0. The Balaban J connectivity index is 1.72. The van der Waals surface area contributed by atoms with Crippen molar-refractivity contribution in [3.63, 3.8) is 0 Å². The number of nitrogens with zero attached hydrogens (tertiary/aromatic N) is 1. The van der Waals surface area contributed by atoms with Crippen LogP contribution in [0.5, 0.6) is 5.75 Å². The topological polar surface area (TPSA) is 37.9 Å². The maximum Gasteiger partial charge on any atom is 0.119 e. The summed E-state index contributed by atoms with van der Waals surface area (Å²) in [6, 6.07) is 8.12. The highest BCUT2D eigenvalue weighted by Crippen LogP contribution is 2.12. The first-order valence-electron chi connectivity index (χ1n) is 5.51. The normalized spacial score (nSPS) is 10.3. The molecule has 0 spiro atoms. The van der Waals surface area contributed by atoms with Crippen LogP contribution in [-0.2, 0) is 6.42 Å². The molecule has 1 aromatic carbocycles. The molecule has 0 atom stereocenters. The summed E-state index contributed by atoms with van der Waals surface area (Å²) < 4.78 is 5.65. The first-order chi connectivity index (χ1) is 7.84. The monoisotopic (exact) mass is 216 g/mol. The minimum absolute atomic E-state index is 0.739. The van der Waals surface area contributed by atoms with E-state index in [1.165, 1.54) is 5.56 Å². The molecule has 0 fully saturated rings. The number of rotatable bonds is 5. The molecule has 0 saturated heterocycles. The van der Waals surface area contributed by atoms with Gasteiger partial charge in [-0.3, -0.25) is 0 Å². The maximum atomic E-state index is 5.65. The van der Waals surface area contributed by atoms with Gasteiger partial charge in [0.2, 0.25) is 0 Å². The Morgan fingerprint density at radius 1 is 1.38 bits per heavy atom. The summed E-state index contributed by atoms with van der Waals surface area (Å²) in [7, 11) is 0. The lowest BCUT2D eigenvalue weighted by Crippen LogP contribution is -1.99. The lowest BCUT2D eigenvalue weighted by atomic mass is 10.2. The number of aromatic nitrogens is 2. The van der Waals surface area contributed by atoms with Gasteiger partial charge >= 0.3 is 0 Å². The minimum Gasteiger partial charge on any atom is -0.494 e. The number of aromatic amines is 1. The van der Waals surface area contributed by atoms with Crippen LogP contribution >= 0.6 is 0 Å². The molecule has 0 radical (unpaired) electrons. The van der Waals surface area contributed by atoms with Crippen LogP contribution in [0.1, 0.15) is 17.7 Å². The van der Waals surface area contributed by atoms with Crippen LogP contribution in [0.4, 0.5) is 0 Å². The highest BCUT2D eigenvalue weighted by molar-refractivity contribution is 5.27. The van der Waals surface area contributed by atoms with E-state index in [0.29, 0.717) is 0 Å². The third-order valence-electron chi connectivity index (χ3n) is 2.40. The van der Waals surface area contributed by atoms with Crippen molar-refractivity contribution in [2.45, 2.75) is 19.8 Å². The lowest BCUT2D eigenvalue weighted by Gasteiger charge is -2.05. The second-order valence-electron chi connectivity index (χ2n) is 3.85. The fourth-order valence-electron chi connectivity index (χ4n) is 1.58. The summed E-state index contributed by atoms with van der Waals surface area (Å²) in [6.45, 7) is 2.81. The summed E-state index contributed by atoms with van der Waals surface area (Å²) in [5.74, 6) is 0.949. The molecule has 0 aliphatic heterocycles. The first-order valence-corrected chi connectivity index (χ1v) is 5.51. The zero-order chi connectivity index (χ0) is 11.2. The molecule has 0 amide bonds. The summed E-state index contributed by atoms with van der Waals surface area (Å²) in [5.41, 5.74) is 2.39. The van der Waals surface area contributed by atoms with Crippen LogP contribution in [0.3, 0.4) is 0 Å². The standard InChI is InChI=1S/C13H16N2O/c1-11-4-2-6-13(8-11)16-7-3-5-12-9-14-10-15-12/h2,4,6,8-10H,3,5,7H2,1H3,(H,14,15). The van der Waals surface area contributed by atoms with Crippen molar-refractivity contribution < 1.29 is 4.74 Å². The molecule has 2 aromatic rings. The van der Waals surface area contributed by atoms with Crippen LogP contribution in [-0.4, -0.2) is 16.6 Å². The van der Waals surface area contributed by atoms with E-state index in [-0.39, 0.29) is 0 Å². The van der Waals surface area contributed by atoms with Gasteiger partial charge in [0.25, 0.3) is 0 Å². The van der Waals surface area contributed by atoms with Gasteiger partial charge in [-0.1, -0.05) is 12.1 Å². The Morgan fingerprint density at radius 2 is 2.31 bits per heavy atom. The van der Waals surface area contributed by atoms with Crippen molar-refractivity contribution in [2.24, 2.45) is 0 Å². The number of nitrogens with one attached hydrogen (secondary N) is 1. The Morgan fingerprint density at radius 3 is 3.06 bits per heavy atom. The molecule has 1 heterocycles. The van der Waals surface area contributed by atoms with Crippen molar-refractivity contribution in [1.82, 2.24) is 9.97 Å². The fraction of sp³-hybridized carbons (Fsp3) is 0.308. The Bertz CT molecular complexity index is 423.